The van der Waals surface area contributed by atoms with Crippen LogP contribution in [0.5, 0.6) is 0 Å². The van der Waals surface area contributed by atoms with Crippen molar-refractivity contribution in [1.82, 2.24) is 10.6 Å². The maximum atomic E-state index is 13.7. The number of aliphatic hydroxyl groups excluding tert-OH is 1. The molecule has 11 atom stereocenters. The van der Waals surface area contributed by atoms with Crippen molar-refractivity contribution in [2.24, 2.45) is 23.7 Å². The molecule has 0 saturated carbocycles. The van der Waals surface area contributed by atoms with E-state index in [0.29, 0.717) is 24.8 Å². The topological polar surface area (TPSA) is 132 Å². The third-order valence-corrected chi connectivity index (χ3v) is 17.9. The number of hydrogen-bond donors (Lipinski definition) is 3. The number of aliphatic hydroxyl groups is 1. The zero-order valence-corrected chi connectivity index (χ0v) is 38.9. The molecule has 2 amide bonds. The van der Waals surface area contributed by atoms with Gasteiger partial charge in [0.15, 0.2) is 19.9 Å². The monoisotopic (exact) mass is 819 g/mol. The number of hydrogen-bond acceptors (Lipinski definition) is 8. The van der Waals surface area contributed by atoms with Crippen LogP contribution in [0.4, 0.5) is 0 Å². The van der Waals surface area contributed by atoms with Gasteiger partial charge in [0.2, 0.25) is 11.8 Å². The molecule has 0 aliphatic carbocycles. The molecule has 3 fully saturated rings. The van der Waals surface area contributed by atoms with Gasteiger partial charge in [-0.15, -0.1) is 0 Å². The standard InChI is InChI=1S/C46H82N2O8Si/c1-13-16-37(50)28-39-22-20-32(3)41(53-39)29-43(51)48-30-42(56-57(11,12)45(8,9)10)35(6)44(52)47-26-15-18-40-33(4)23-25-46(55-40)24-14-17-38(54-46)21-19-31(2)27-34(5)36(7)49/h13,16,27,31-33,35-36,38-42,49H,14-15,17-26,28-30H2,1-12H3,(H,47,52)(H,48,51)/b16-13+,34-27+/t31-,32-,33-,35+,36-,38-,39+,40+,41+,42+,46-/m0/s1. The Morgan fingerprint density at radius 2 is 1.63 bits per heavy atom. The van der Waals surface area contributed by atoms with Crippen LogP contribution in [0, 0.1) is 23.7 Å². The molecule has 3 rings (SSSR count). The summed E-state index contributed by atoms with van der Waals surface area (Å²) < 4.78 is 26.6. The first-order chi connectivity index (χ1) is 26.6. The van der Waals surface area contributed by atoms with Gasteiger partial charge in [0.05, 0.1) is 49.0 Å². The quantitative estimate of drug-likeness (QED) is 0.0481. The van der Waals surface area contributed by atoms with Crippen LogP contribution in [0.1, 0.15) is 153 Å². The van der Waals surface area contributed by atoms with Gasteiger partial charge in [-0.05, 0) is 126 Å². The molecule has 3 aliphatic rings. The molecular formula is C46H82N2O8Si. The van der Waals surface area contributed by atoms with Crippen LogP contribution < -0.4 is 10.6 Å². The second-order valence-corrected chi connectivity index (χ2v) is 24.3. The van der Waals surface area contributed by atoms with E-state index >= 15 is 0 Å². The number of carbonyl (C=O) groups excluding carboxylic acids is 3. The first-order valence-corrected chi connectivity index (χ1v) is 25.3. The Balaban J connectivity index is 1.53. The van der Waals surface area contributed by atoms with E-state index in [4.69, 9.17) is 18.6 Å². The van der Waals surface area contributed by atoms with E-state index in [0.717, 1.165) is 76.2 Å². The van der Waals surface area contributed by atoms with Crippen molar-refractivity contribution in [2.45, 2.75) is 213 Å². The van der Waals surface area contributed by atoms with Crippen LogP contribution in [0.2, 0.25) is 18.1 Å². The highest BCUT2D eigenvalue weighted by Gasteiger charge is 2.45. The minimum Gasteiger partial charge on any atom is -0.411 e. The van der Waals surface area contributed by atoms with Gasteiger partial charge in [-0.2, -0.15) is 0 Å². The van der Waals surface area contributed by atoms with E-state index in [1.54, 1.807) is 12.2 Å². The fraction of sp³-hybridized carbons (Fsp3) is 0.848. The number of carbonyl (C=O) groups is 3. The van der Waals surface area contributed by atoms with E-state index in [1.165, 1.54) is 0 Å². The highest BCUT2D eigenvalue weighted by molar-refractivity contribution is 6.74. The molecule has 3 saturated heterocycles. The SMILES string of the molecule is C/C=C/C(=O)C[C@H]1CC[C@H](C)[C@@H](CC(=O)NC[C@@H](O[Si](C)(C)C(C)(C)C)[C@@H](C)C(=O)NCCC[C@H]2O[C@@]3(CCC[C@@H](CC[C@H](C)/C=C(\C)[C@H](C)O)O3)CC[C@@H]2C)O1. The zero-order chi connectivity index (χ0) is 42.6. The predicted molar refractivity (Wildman–Crippen MR) is 231 cm³/mol. The molecule has 3 heterocycles. The Labute approximate surface area is 347 Å². The van der Waals surface area contributed by atoms with Crippen molar-refractivity contribution in [2.75, 3.05) is 13.1 Å². The van der Waals surface area contributed by atoms with Crippen molar-refractivity contribution in [3.63, 3.8) is 0 Å². The van der Waals surface area contributed by atoms with Crippen LogP contribution in [0.15, 0.2) is 23.8 Å². The Hall–Kier alpha value is -1.89. The van der Waals surface area contributed by atoms with Crippen LogP contribution in [-0.2, 0) is 33.0 Å². The lowest BCUT2D eigenvalue weighted by atomic mass is 9.85. The van der Waals surface area contributed by atoms with Crippen molar-refractivity contribution in [3.05, 3.63) is 23.8 Å². The van der Waals surface area contributed by atoms with Crippen molar-refractivity contribution in [1.29, 1.82) is 0 Å². The van der Waals surface area contributed by atoms with E-state index < -0.39 is 32.2 Å². The van der Waals surface area contributed by atoms with Gasteiger partial charge in [-0.3, -0.25) is 14.4 Å². The molecule has 0 aromatic carbocycles. The van der Waals surface area contributed by atoms with Crippen molar-refractivity contribution in [3.8, 4) is 0 Å². The van der Waals surface area contributed by atoms with Gasteiger partial charge in [0.1, 0.15) is 0 Å². The molecule has 3 N–H and O–H groups in total. The maximum Gasteiger partial charge on any atom is 0.225 e. The van der Waals surface area contributed by atoms with Gasteiger partial charge in [0, 0.05) is 32.4 Å². The summed E-state index contributed by atoms with van der Waals surface area (Å²) in [6, 6.07) is 0. The Kier molecular flexibility index (Phi) is 19.6. The first-order valence-electron chi connectivity index (χ1n) is 22.4. The van der Waals surface area contributed by atoms with E-state index in [2.05, 4.69) is 71.3 Å². The van der Waals surface area contributed by atoms with Gasteiger partial charge in [-0.1, -0.05) is 60.6 Å². The molecule has 328 valence electrons. The first kappa shape index (κ1) is 49.5. The number of ether oxygens (including phenoxy) is 3. The molecule has 57 heavy (non-hydrogen) atoms. The summed E-state index contributed by atoms with van der Waals surface area (Å²) in [6.07, 6.45) is 15.4. The minimum absolute atomic E-state index is 0.0432. The molecule has 0 unspecified atom stereocenters. The average Bonchev–Trinajstić information content (AvgIpc) is 3.13. The third-order valence-electron chi connectivity index (χ3n) is 13.4. The summed E-state index contributed by atoms with van der Waals surface area (Å²) in [7, 11) is -2.28. The molecule has 0 aromatic heterocycles. The average molecular weight is 819 g/mol. The van der Waals surface area contributed by atoms with Crippen LogP contribution in [0.25, 0.3) is 0 Å². The molecule has 1 spiro atoms. The smallest absolute Gasteiger partial charge is 0.225 e. The Morgan fingerprint density at radius 3 is 2.30 bits per heavy atom. The number of nitrogens with one attached hydrogen (secondary N) is 2. The summed E-state index contributed by atoms with van der Waals surface area (Å²) in [5.41, 5.74) is 1.02. The summed E-state index contributed by atoms with van der Waals surface area (Å²) in [6.45, 7) is 25.8. The van der Waals surface area contributed by atoms with E-state index in [-0.39, 0.29) is 65.9 Å². The number of rotatable bonds is 20. The number of amides is 2. The molecule has 0 radical (unpaired) electrons. The third kappa shape index (κ3) is 15.9. The highest BCUT2D eigenvalue weighted by Crippen LogP contribution is 2.43. The number of allylic oxidation sites excluding steroid dienone is 3. The van der Waals surface area contributed by atoms with E-state index in [1.807, 2.05) is 27.7 Å². The molecule has 0 bridgehead atoms. The maximum absolute atomic E-state index is 13.7. The molecule has 11 heteroatoms. The summed E-state index contributed by atoms with van der Waals surface area (Å²) >= 11 is 0. The Morgan fingerprint density at radius 1 is 0.930 bits per heavy atom. The van der Waals surface area contributed by atoms with Gasteiger partial charge < -0.3 is 34.4 Å². The summed E-state index contributed by atoms with van der Waals surface area (Å²) in [4.78, 5) is 39.2. The lowest BCUT2D eigenvalue weighted by molar-refractivity contribution is -0.324. The van der Waals surface area contributed by atoms with Crippen molar-refractivity contribution < 1.29 is 38.1 Å². The summed E-state index contributed by atoms with van der Waals surface area (Å²) in [5, 5.41) is 16.1. The normalized spacial score (nSPS) is 29.8. The van der Waals surface area contributed by atoms with Crippen LogP contribution >= 0.6 is 0 Å². The van der Waals surface area contributed by atoms with Crippen molar-refractivity contribution >= 4 is 25.9 Å². The zero-order valence-electron chi connectivity index (χ0n) is 37.9. The fourth-order valence-corrected chi connectivity index (χ4v) is 9.59. The predicted octanol–water partition coefficient (Wildman–Crippen LogP) is 8.96. The molecular weight excluding hydrogens is 737 g/mol. The van der Waals surface area contributed by atoms with E-state index in [9.17, 15) is 19.5 Å². The van der Waals surface area contributed by atoms with Crippen LogP contribution in [0.3, 0.4) is 0 Å². The fourth-order valence-electron chi connectivity index (χ4n) is 8.19. The number of ketones is 1. The van der Waals surface area contributed by atoms with Crippen LogP contribution in [-0.4, -0.2) is 86.5 Å². The molecule has 10 nitrogen and oxygen atoms in total. The lowest BCUT2D eigenvalue weighted by Gasteiger charge is -2.48. The Bertz CT molecular complexity index is 1340. The lowest BCUT2D eigenvalue weighted by Crippen LogP contribution is -2.52. The second kappa shape index (κ2) is 22.6. The minimum atomic E-state index is -2.28. The van der Waals surface area contributed by atoms with Gasteiger partial charge in [-0.25, -0.2) is 0 Å². The largest absolute Gasteiger partial charge is 0.411 e. The van der Waals surface area contributed by atoms with Gasteiger partial charge in [0.25, 0.3) is 0 Å². The molecule has 0 aromatic rings. The highest BCUT2D eigenvalue weighted by atomic mass is 28.4. The second-order valence-electron chi connectivity index (χ2n) is 19.5. The van der Waals surface area contributed by atoms with Gasteiger partial charge >= 0.3 is 0 Å². The molecule has 3 aliphatic heterocycles. The summed E-state index contributed by atoms with van der Waals surface area (Å²) in [5.74, 6) is -0.138.